The van der Waals surface area contributed by atoms with Crippen LogP contribution >= 0.6 is 11.6 Å². The number of amides is 2. The Morgan fingerprint density at radius 2 is 1.84 bits per heavy atom. The summed E-state index contributed by atoms with van der Waals surface area (Å²) in [6.07, 6.45) is 4.23. The van der Waals surface area contributed by atoms with Crippen LogP contribution in [0, 0.1) is 11.8 Å². The van der Waals surface area contributed by atoms with Crippen molar-refractivity contribution in [2.75, 3.05) is 11.6 Å². The summed E-state index contributed by atoms with van der Waals surface area (Å²) in [7, 11) is -3.05. The Morgan fingerprint density at radius 3 is 2.58 bits per heavy atom. The average Bonchev–Trinajstić information content (AvgIpc) is 2.73. The number of aromatic nitrogens is 1. The summed E-state index contributed by atoms with van der Waals surface area (Å²) < 4.78 is 17.0. The Balaban J connectivity index is 1.89. The molecule has 0 aliphatic heterocycles. The van der Waals surface area contributed by atoms with Crippen molar-refractivity contribution in [3.05, 3.63) is 88.7 Å². The zero-order valence-electron chi connectivity index (χ0n) is 16.8. The normalized spacial score (nSPS) is 12.1. The van der Waals surface area contributed by atoms with Gasteiger partial charge in [-0.25, -0.2) is 4.21 Å². The summed E-state index contributed by atoms with van der Waals surface area (Å²) in [5.74, 6) is 4.92. The number of anilines is 1. The molecule has 0 fully saturated rings. The van der Waals surface area contributed by atoms with Crippen LogP contribution in [-0.2, 0) is 14.5 Å². The second-order valence-corrected chi connectivity index (χ2v) is 9.27. The highest BCUT2D eigenvalue weighted by atomic mass is 35.5. The quantitative estimate of drug-likeness (QED) is 0.598. The van der Waals surface area contributed by atoms with E-state index in [1.807, 2.05) is 12.1 Å². The number of rotatable bonds is 3. The van der Waals surface area contributed by atoms with E-state index >= 15 is 0 Å². The van der Waals surface area contributed by atoms with Gasteiger partial charge in [-0.1, -0.05) is 41.6 Å². The van der Waals surface area contributed by atoms with Crippen molar-refractivity contribution in [1.29, 1.82) is 0 Å². The summed E-state index contributed by atoms with van der Waals surface area (Å²) in [6.45, 7) is 1.37. The Hall–Kier alpha value is -3.47. The van der Waals surface area contributed by atoms with E-state index in [4.69, 9.17) is 11.6 Å². The molecule has 3 aromatic rings. The van der Waals surface area contributed by atoms with Crippen molar-refractivity contribution in [3.8, 4) is 11.8 Å². The maximum Gasteiger partial charge on any atom is 0.286 e. The molecule has 1 N–H and O–H groups in total. The minimum absolute atomic E-state index is 0.165. The maximum atomic E-state index is 13.1. The van der Waals surface area contributed by atoms with Crippen LogP contribution in [0.1, 0.15) is 28.4 Å². The molecule has 2 amide bonds. The van der Waals surface area contributed by atoms with E-state index in [-0.39, 0.29) is 11.5 Å². The van der Waals surface area contributed by atoms with Gasteiger partial charge >= 0.3 is 0 Å². The number of nitrogens with one attached hydrogen (secondary N) is 1. The van der Waals surface area contributed by atoms with Crippen molar-refractivity contribution >= 4 is 38.8 Å². The van der Waals surface area contributed by atoms with E-state index in [0.29, 0.717) is 26.7 Å². The van der Waals surface area contributed by atoms with E-state index in [9.17, 15) is 13.8 Å². The molecular weight excluding hydrogens is 434 g/mol. The van der Waals surface area contributed by atoms with Crippen LogP contribution in [0.5, 0.6) is 0 Å². The van der Waals surface area contributed by atoms with Gasteiger partial charge in [0.05, 0.1) is 20.3 Å². The summed E-state index contributed by atoms with van der Waals surface area (Å²) in [4.78, 5) is 28.3. The van der Waals surface area contributed by atoms with Crippen LogP contribution < -0.4 is 5.32 Å². The van der Waals surface area contributed by atoms with E-state index in [1.165, 1.54) is 37.7 Å². The van der Waals surface area contributed by atoms with Crippen molar-refractivity contribution in [2.45, 2.75) is 11.8 Å². The third-order valence-corrected chi connectivity index (χ3v) is 6.02. The first kappa shape index (κ1) is 22.2. The number of benzene rings is 2. The topological polar surface area (TPSA) is 88.5 Å². The third kappa shape index (κ3) is 6.01. The van der Waals surface area contributed by atoms with Gasteiger partial charge in [0.15, 0.2) is 0 Å². The molecule has 2 aromatic carbocycles. The molecule has 0 radical (unpaired) electrons. The van der Waals surface area contributed by atoms with E-state index in [1.54, 1.807) is 30.3 Å². The number of pyridine rings is 1. The SMILES string of the molecule is CC(=O)Nc1cccc(S(C)(=O)=NC(=O)c2cncc(C#Cc3ccccc3Cl)c2)c1. The highest BCUT2D eigenvalue weighted by molar-refractivity contribution is 7.93. The largest absolute Gasteiger partial charge is 0.326 e. The Kier molecular flexibility index (Phi) is 6.85. The molecule has 0 saturated carbocycles. The summed E-state index contributed by atoms with van der Waals surface area (Å²) in [5.41, 5.74) is 1.79. The molecule has 0 spiro atoms. The van der Waals surface area contributed by atoms with Gasteiger partial charge in [-0.3, -0.25) is 14.6 Å². The Labute approximate surface area is 185 Å². The zero-order chi connectivity index (χ0) is 22.4. The highest BCUT2D eigenvalue weighted by Crippen LogP contribution is 2.18. The average molecular weight is 452 g/mol. The predicted octanol–water partition coefficient (Wildman–Crippen LogP) is 4.39. The second kappa shape index (κ2) is 9.56. The van der Waals surface area contributed by atoms with Gasteiger partial charge in [-0.15, -0.1) is 0 Å². The molecule has 0 aliphatic rings. The molecule has 1 unspecified atom stereocenters. The minimum Gasteiger partial charge on any atom is -0.326 e. The molecule has 6 nitrogen and oxygen atoms in total. The number of carbonyl (C=O) groups excluding carboxylic acids is 2. The van der Waals surface area contributed by atoms with Crippen molar-refractivity contribution in [2.24, 2.45) is 4.36 Å². The fourth-order valence-corrected chi connectivity index (χ4v) is 3.99. The zero-order valence-corrected chi connectivity index (χ0v) is 18.3. The van der Waals surface area contributed by atoms with Gasteiger partial charge in [-0.05, 0) is 36.4 Å². The van der Waals surface area contributed by atoms with Gasteiger partial charge in [0.2, 0.25) is 5.91 Å². The summed E-state index contributed by atoms with van der Waals surface area (Å²) in [5, 5.41) is 3.14. The minimum atomic E-state index is -3.05. The lowest BCUT2D eigenvalue weighted by Crippen LogP contribution is -2.08. The number of hydrogen-bond acceptors (Lipinski definition) is 4. The molecule has 0 saturated heterocycles. The van der Waals surface area contributed by atoms with Gasteiger partial charge in [0.1, 0.15) is 0 Å². The third-order valence-electron chi connectivity index (χ3n) is 4.05. The first-order valence-corrected chi connectivity index (χ1v) is 11.4. The molecule has 1 aromatic heterocycles. The first-order chi connectivity index (χ1) is 14.7. The summed E-state index contributed by atoms with van der Waals surface area (Å²) >= 11 is 6.10. The predicted molar refractivity (Wildman–Crippen MR) is 122 cm³/mol. The number of halogens is 1. The van der Waals surface area contributed by atoms with Crippen LogP contribution in [0.15, 0.2) is 76.2 Å². The van der Waals surface area contributed by atoms with Crippen LogP contribution in [0.25, 0.3) is 0 Å². The van der Waals surface area contributed by atoms with Crippen molar-refractivity contribution in [3.63, 3.8) is 0 Å². The van der Waals surface area contributed by atoms with Crippen LogP contribution in [0.4, 0.5) is 5.69 Å². The van der Waals surface area contributed by atoms with Gasteiger partial charge < -0.3 is 5.32 Å². The molecule has 1 atom stereocenters. The molecule has 8 heteroatoms. The van der Waals surface area contributed by atoms with E-state index in [2.05, 4.69) is 26.5 Å². The second-order valence-electron chi connectivity index (χ2n) is 6.60. The Bertz CT molecular complexity index is 1350. The molecule has 3 rings (SSSR count). The van der Waals surface area contributed by atoms with Gasteiger partial charge in [0.25, 0.3) is 5.91 Å². The molecule has 1 heterocycles. The van der Waals surface area contributed by atoms with Crippen LogP contribution in [0.3, 0.4) is 0 Å². The van der Waals surface area contributed by atoms with E-state index in [0.717, 1.165) is 0 Å². The smallest absolute Gasteiger partial charge is 0.286 e. The van der Waals surface area contributed by atoms with Crippen LogP contribution in [0.2, 0.25) is 5.02 Å². The van der Waals surface area contributed by atoms with Gasteiger partial charge in [0, 0.05) is 47.3 Å². The lowest BCUT2D eigenvalue weighted by Gasteiger charge is -2.07. The standard InChI is InChI=1S/C23H18ClN3O3S/c1-16(28)26-20-7-5-8-21(13-20)31(2,30)27-23(29)19-12-17(14-25-15-19)10-11-18-6-3-4-9-22(18)24/h3-9,12-15H,1-2H3,(H,26,28). The monoisotopic (exact) mass is 451 g/mol. The summed E-state index contributed by atoms with van der Waals surface area (Å²) in [6, 6.07) is 15.1. The fourth-order valence-electron chi connectivity index (χ4n) is 2.60. The molecule has 31 heavy (non-hydrogen) atoms. The van der Waals surface area contributed by atoms with Crippen molar-refractivity contribution in [1.82, 2.24) is 4.98 Å². The van der Waals surface area contributed by atoms with Gasteiger partial charge in [-0.2, -0.15) is 4.36 Å². The molecule has 0 bridgehead atoms. The number of carbonyl (C=O) groups is 2. The van der Waals surface area contributed by atoms with E-state index < -0.39 is 15.6 Å². The van der Waals surface area contributed by atoms with Crippen molar-refractivity contribution < 1.29 is 13.8 Å². The Morgan fingerprint density at radius 1 is 1.06 bits per heavy atom. The lowest BCUT2D eigenvalue weighted by molar-refractivity contribution is -0.114. The maximum absolute atomic E-state index is 13.1. The number of hydrogen-bond donors (Lipinski definition) is 1. The molecular formula is C23H18ClN3O3S. The first-order valence-electron chi connectivity index (χ1n) is 9.10. The molecule has 0 aliphatic carbocycles. The highest BCUT2D eigenvalue weighted by Gasteiger charge is 2.13. The number of nitrogens with zero attached hydrogens (tertiary/aromatic N) is 2. The fraction of sp³-hybridized carbons (Fsp3) is 0.0870. The molecule has 156 valence electrons. The lowest BCUT2D eigenvalue weighted by atomic mass is 10.1. The van der Waals surface area contributed by atoms with Crippen LogP contribution in [-0.4, -0.2) is 27.3 Å².